The van der Waals surface area contributed by atoms with Crippen molar-refractivity contribution >= 4 is 18.1 Å². The van der Waals surface area contributed by atoms with Crippen LogP contribution in [0, 0.1) is 16.6 Å². The average molecular weight is 370 g/mol. The van der Waals surface area contributed by atoms with E-state index in [2.05, 4.69) is 5.10 Å². The number of nitrogens with zero attached hydrogens (tertiary/aromatic N) is 4. The smallest absolute Gasteiger partial charge is 0.227 e. The van der Waals surface area contributed by atoms with E-state index in [-0.39, 0.29) is 23.6 Å². The van der Waals surface area contributed by atoms with Crippen LogP contribution < -0.4 is 10.4 Å². The van der Waals surface area contributed by atoms with Crippen LogP contribution in [0.15, 0.2) is 30.3 Å². The van der Waals surface area contributed by atoms with Gasteiger partial charge in [0, 0.05) is 26.2 Å². The number of halogens is 1. The maximum Gasteiger partial charge on any atom is 0.227 e. The Balaban J connectivity index is 1.61. The van der Waals surface area contributed by atoms with Crippen LogP contribution >= 0.6 is 0 Å². The van der Waals surface area contributed by atoms with E-state index in [4.69, 9.17) is 10.8 Å². The van der Waals surface area contributed by atoms with E-state index >= 15 is 0 Å². The number of benzene rings is 1. The number of anilines is 1. The molecule has 1 amide bonds. The number of carbonyl (C=O) groups is 1. The van der Waals surface area contributed by atoms with Crippen molar-refractivity contribution in [2.24, 2.45) is 0 Å². The number of piperazine rings is 1. The Kier molecular flexibility index (Phi) is 5.63. The van der Waals surface area contributed by atoms with E-state index in [1.54, 1.807) is 24.3 Å². The Morgan fingerprint density at radius 2 is 1.96 bits per heavy atom. The molecule has 0 saturated carbocycles. The second kappa shape index (κ2) is 8.11. The monoisotopic (exact) mass is 370 g/mol. The Morgan fingerprint density at radius 3 is 2.63 bits per heavy atom. The second-order valence-electron chi connectivity index (χ2n) is 6.47. The van der Waals surface area contributed by atoms with Gasteiger partial charge in [0.25, 0.3) is 0 Å². The van der Waals surface area contributed by atoms with Gasteiger partial charge in [0.15, 0.2) is 0 Å². The number of amides is 1. The first-order valence-corrected chi connectivity index (χ1v) is 8.97. The lowest BCUT2D eigenvalue weighted by molar-refractivity contribution is -0.130. The maximum atomic E-state index is 13.6. The Morgan fingerprint density at radius 1 is 1.22 bits per heavy atom. The number of hydrogen-bond acceptors (Lipinski definition) is 5. The van der Waals surface area contributed by atoms with Crippen molar-refractivity contribution in [2.75, 3.05) is 31.1 Å². The molecule has 1 saturated heterocycles. The molecule has 1 aromatic heterocycles. The molecular formula is C19H23FN6O. The van der Waals surface area contributed by atoms with Crippen molar-refractivity contribution in [1.82, 2.24) is 14.7 Å². The number of hydrogen-bond donors (Lipinski definition) is 2. The Hall–Kier alpha value is -3.03. The van der Waals surface area contributed by atoms with E-state index in [0.717, 1.165) is 11.9 Å². The zero-order valence-corrected chi connectivity index (χ0v) is 15.3. The molecule has 7 nitrogen and oxygen atoms in total. The molecule has 8 heteroatoms. The third-order valence-electron chi connectivity index (χ3n) is 4.77. The van der Waals surface area contributed by atoms with Gasteiger partial charge in [-0.3, -0.25) is 15.6 Å². The summed E-state index contributed by atoms with van der Waals surface area (Å²) in [5.74, 6) is 0.496. The summed E-state index contributed by atoms with van der Waals surface area (Å²) in [6, 6.07) is 8.23. The van der Waals surface area contributed by atoms with Crippen LogP contribution in [0.1, 0.15) is 18.1 Å². The molecule has 1 fully saturated rings. The molecule has 1 aliphatic rings. The molecule has 142 valence electrons. The molecule has 2 aromatic rings. The van der Waals surface area contributed by atoms with Crippen molar-refractivity contribution in [1.29, 1.82) is 10.8 Å². The predicted octanol–water partition coefficient (Wildman–Crippen LogP) is 1.41. The van der Waals surface area contributed by atoms with Crippen molar-refractivity contribution in [3.63, 3.8) is 0 Å². The number of rotatable bonds is 5. The summed E-state index contributed by atoms with van der Waals surface area (Å²) in [7, 11) is 0. The molecule has 2 heterocycles. The van der Waals surface area contributed by atoms with E-state index < -0.39 is 0 Å². The lowest BCUT2D eigenvalue weighted by Crippen LogP contribution is -2.49. The summed E-state index contributed by atoms with van der Waals surface area (Å²) in [5.41, 5.74) is 1.61. The van der Waals surface area contributed by atoms with Gasteiger partial charge in [-0.25, -0.2) is 9.07 Å². The zero-order chi connectivity index (χ0) is 19.4. The van der Waals surface area contributed by atoms with Gasteiger partial charge >= 0.3 is 0 Å². The molecule has 0 radical (unpaired) electrons. The SMILES string of the molecule is CCc1cc(CC(=O)N2CCN(c3ccc(=N)n(C=N)n3)CC2)ccc1F. The summed E-state index contributed by atoms with van der Waals surface area (Å²) in [6.07, 6.45) is 1.87. The standard InChI is InChI=1S/C19H23FN6O/c1-2-15-11-14(3-4-16(15)20)12-19(27)25-9-7-24(8-10-25)18-6-5-17(22)26(13-21)23-18/h3-6,11,13,21-22H,2,7-10,12H2,1H3. The van der Waals surface area contributed by atoms with Gasteiger partial charge in [-0.2, -0.15) is 0 Å². The van der Waals surface area contributed by atoms with Crippen LogP contribution in [0.4, 0.5) is 10.2 Å². The lowest BCUT2D eigenvalue weighted by atomic mass is 10.0. The third-order valence-corrected chi connectivity index (χ3v) is 4.77. The highest BCUT2D eigenvalue weighted by molar-refractivity contribution is 5.79. The highest BCUT2D eigenvalue weighted by atomic mass is 19.1. The first kappa shape index (κ1) is 18.8. The number of aromatic nitrogens is 2. The van der Waals surface area contributed by atoms with Gasteiger partial charge in [0.1, 0.15) is 23.5 Å². The molecule has 0 spiro atoms. The van der Waals surface area contributed by atoms with Crippen LogP contribution in [0.3, 0.4) is 0 Å². The van der Waals surface area contributed by atoms with Gasteiger partial charge in [0.05, 0.1) is 6.42 Å². The summed E-state index contributed by atoms with van der Waals surface area (Å²) in [6.45, 7) is 4.33. The normalized spacial score (nSPS) is 14.3. The van der Waals surface area contributed by atoms with Crippen molar-refractivity contribution in [3.05, 3.63) is 52.8 Å². The van der Waals surface area contributed by atoms with Crippen LogP contribution in [-0.2, 0) is 17.6 Å². The molecule has 3 rings (SSSR count). The van der Waals surface area contributed by atoms with Crippen LogP contribution in [-0.4, -0.2) is 53.1 Å². The summed E-state index contributed by atoms with van der Waals surface area (Å²) in [4.78, 5) is 16.4. The zero-order valence-electron chi connectivity index (χ0n) is 15.3. The summed E-state index contributed by atoms with van der Waals surface area (Å²) in [5, 5.41) is 19.2. The minimum atomic E-state index is -0.226. The average Bonchev–Trinajstić information content (AvgIpc) is 2.70. The van der Waals surface area contributed by atoms with Gasteiger partial charge < -0.3 is 9.80 Å². The van der Waals surface area contributed by atoms with Crippen molar-refractivity contribution in [3.8, 4) is 0 Å². The van der Waals surface area contributed by atoms with Crippen molar-refractivity contribution in [2.45, 2.75) is 19.8 Å². The fraction of sp³-hybridized carbons (Fsp3) is 0.368. The van der Waals surface area contributed by atoms with Gasteiger partial charge in [-0.1, -0.05) is 19.1 Å². The Labute approximate surface area is 157 Å². The maximum absolute atomic E-state index is 13.6. The lowest BCUT2D eigenvalue weighted by Gasteiger charge is -2.35. The number of carbonyl (C=O) groups excluding carboxylic acids is 1. The van der Waals surface area contributed by atoms with E-state index in [9.17, 15) is 9.18 Å². The van der Waals surface area contributed by atoms with Crippen LogP contribution in [0.2, 0.25) is 0 Å². The highest BCUT2D eigenvalue weighted by Gasteiger charge is 2.22. The second-order valence-corrected chi connectivity index (χ2v) is 6.47. The quantitative estimate of drug-likeness (QED) is 0.616. The molecule has 2 N–H and O–H groups in total. The fourth-order valence-corrected chi connectivity index (χ4v) is 3.17. The van der Waals surface area contributed by atoms with Crippen LogP contribution in [0.5, 0.6) is 0 Å². The third kappa shape index (κ3) is 4.21. The van der Waals surface area contributed by atoms with Gasteiger partial charge in [-0.05, 0) is 35.7 Å². The molecule has 0 bridgehead atoms. The number of nitrogens with one attached hydrogen (secondary N) is 2. The van der Waals surface area contributed by atoms with E-state index in [1.807, 2.05) is 16.7 Å². The minimum absolute atomic E-state index is 0.0346. The Bertz CT molecular complexity index is 901. The first-order valence-electron chi connectivity index (χ1n) is 8.97. The predicted molar refractivity (Wildman–Crippen MR) is 101 cm³/mol. The molecule has 27 heavy (non-hydrogen) atoms. The molecule has 0 atom stereocenters. The molecule has 1 aliphatic heterocycles. The van der Waals surface area contributed by atoms with E-state index in [0.29, 0.717) is 44.0 Å². The first-order chi connectivity index (χ1) is 13.0. The minimum Gasteiger partial charge on any atom is -0.352 e. The van der Waals surface area contributed by atoms with Crippen molar-refractivity contribution < 1.29 is 9.18 Å². The molecular weight excluding hydrogens is 347 g/mol. The summed E-state index contributed by atoms with van der Waals surface area (Å²) >= 11 is 0. The highest BCUT2D eigenvalue weighted by Crippen LogP contribution is 2.15. The van der Waals surface area contributed by atoms with Crippen LogP contribution in [0.25, 0.3) is 0 Å². The van der Waals surface area contributed by atoms with Gasteiger partial charge in [0.2, 0.25) is 5.91 Å². The molecule has 0 unspecified atom stereocenters. The largest absolute Gasteiger partial charge is 0.352 e. The molecule has 1 aromatic carbocycles. The summed E-state index contributed by atoms with van der Waals surface area (Å²) < 4.78 is 14.8. The number of aryl methyl sites for hydroxylation is 1. The topological polar surface area (TPSA) is 89.1 Å². The fourth-order valence-electron chi connectivity index (χ4n) is 3.17. The van der Waals surface area contributed by atoms with Gasteiger partial charge in [-0.15, -0.1) is 5.10 Å². The van der Waals surface area contributed by atoms with E-state index in [1.165, 1.54) is 10.7 Å². The molecule has 0 aliphatic carbocycles.